The lowest BCUT2D eigenvalue weighted by molar-refractivity contribution is 0.794. The van der Waals surface area contributed by atoms with Crippen molar-refractivity contribution in [2.45, 2.75) is 5.41 Å². The molecule has 0 amide bonds. The van der Waals surface area contributed by atoms with E-state index in [4.69, 9.17) is 9.97 Å². The van der Waals surface area contributed by atoms with Crippen LogP contribution in [0.3, 0.4) is 0 Å². The molecular formula is C65H40N2S. The summed E-state index contributed by atoms with van der Waals surface area (Å²) in [4.78, 5) is 10.8. The van der Waals surface area contributed by atoms with Crippen LogP contribution in [0.15, 0.2) is 243 Å². The maximum atomic E-state index is 5.43. The lowest BCUT2D eigenvalue weighted by Crippen LogP contribution is -2.25. The molecule has 0 N–H and O–H groups in total. The van der Waals surface area contributed by atoms with Crippen molar-refractivity contribution in [3.05, 3.63) is 265 Å². The fraction of sp³-hybridized carbons (Fsp3) is 0.0154. The Bertz CT molecular complexity index is 3910. The third-order valence-electron chi connectivity index (χ3n) is 14.3. The minimum atomic E-state index is -0.406. The molecule has 2 heterocycles. The number of rotatable bonds is 6. The summed E-state index contributed by atoms with van der Waals surface area (Å²) < 4.78 is 2.58. The van der Waals surface area contributed by atoms with Gasteiger partial charge in [-0.25, -0.2) is 9.97 Å². The molecule has 316 valence electrons. The Kier molecular flexibility index (Phi) is 8.71. The standard InChI is InChI=1S/C65H40N2S/c1-3-16-41(17-4-1)42-30-32-43(33-31-42)46-36-47(49-24-15-25-54-53-23-10-14-29-62(53)68-63(49)54)38-48(37-46)61-40-60(66-64(67-61)44-18-5-2-6-19-44)45-34-35-59-55(39-45)52-22-9-13-28-58(52)65(59)56-26-11-7-20-50(56)51-21-8-12-27-57(51)65/h1-40H. The van der Waals surface area contributed by atoms with Crippen LogP contribution in [0.2, 0.25) is 0 Å². The summed E-state index contributed by atoms with van der Waals surface area (Å²) in [6, 6.07) is 88.7. The summed E-state index contributed by atoms with van der Waals surface area (Å²) in [5, 5.41) is 2.57. The van der Waals surface area contributed by atoms with E-state index < -0.39 is 5.41 Å². The van der Waals surface area contributed by atoms with Gasteiger partial charge in [-0.3, -0.25) is 0 Å². The fourth-order valence-corrected chi connectivity index (χ4v) is 12.5. The van der Waals surface area contributed by atoms with Gasteiger partial charge in [-0.05, 0) is 114 Å². The van der Waals surface area contributed by atoms with Crippen molar-refractivity contribution in [2.24, 2.45) is 0 Å². The van der Waals surface area contributed by atoms with E-state index in [2.05, 4.69) is 243 Å². The summed E-state index contributed by atoms with van der Waals surface area (Å²) in [6.45, 7) is 0. The molecule has 68 heavy (non-hydrogen) atoms. The Hall–Kier alpha value is -8.50. The van der Waals surface area contributed by atoms with Crippen molar-refractivity contribution in [1.29, 1.82) is 0 Å². The Morgan fingerprint density at radius 3 is 1.44 bits per heavy atom. The predicted octanol–water partition coefficient (Wildman–Crippen LogP) is 17.2. The van der Waals surface area contributed by atoms with E-state index >= 15 is 0 Å². The molecule has 0 saturated heterocycles. The minimum Gasteiger partial charge on any atom is -0.228 e. The van der Waals surface area contributed by atoms with E-state index in [0.29, 0.717) is 5.82 Å². The van der Waals surface area contributed by atoms with Gasteiger partial charge in [0.2, 0.25) is 0 Å². The van der Waals surface area contributed by atoms with E-state index in [9.17, 15) is 0 Å². The van der Waals surface area contributed by atoms with E-state index in [1.165, 1.54) is 81.4 Å². The van der Waals surface area contributed by atoms with Crippen LogP contribution in [-0.4, -0.2) is 9.97 Å². The summed E-state index contributed by atoms with van der Waals surface area (Å²) in [5.74, 6) is 0.694. The molecule has 3 heteroatoms. The molecule has 0 atom stereocenters. The zero-order valence-corrected chi connectivity index (χ0v) is 37.7. The van der Waals surface area contributed by atoms with Crippen molar-refractivity contribution in [2.75, 3.05) is 0 Å². The fourth-order valence-electron chi connectivity index (χ4n) is 11.3. The second kappa shape index (κ2) is 15.3. The van der Waals surface area contributed by atoms with E-state index in [1.54, 1.807) is 0 Å². The summed E-state index contributed by atoms with van der Waals surface area (Å²) in [5.41, 5.74) is 21.9. The molecule has 1 spiro atoms. The molecule has 0 unspecified atom stereocenters. The van der Waals surface area contributed by atoms with Gasteiger partial charge < -0.3 is 0 Å². The molecule has 2 aliphatic rings. The highest BCUT2D eigenvalue weighted by atomic mass is 32.1. The molecule has 0 aliphatic heterocycles. The SMILES string of the molecule is c1ccc(-c2ccc(-c3cc(-c4cc(-c5ccc6c(c5)-c5ccccc5C65c6ccccc6-c6ccccc65)nc(-c5ccccc5)n4)cc(-c4cccc5c4sc4ccccc45)c3)cc2)cc1. The number of hydrogen-bond donors (Lipinski definition) is 0. The third-order valence-corrected chi connectivity index (χ3v) is 15.5. The molecule has 0 radical (unpaired) electrons. The van der Waals surface area contributed by atoms with Crippen LogP contribution in [-0.2, 0) is 5.41 Å². The van der Waals surface area contributed by atoms with Crippen LogP contribution < -0.4 is 0 Å². The maximum Gasteiger partial charge on any atom is 0.160 e. The average molecular weight is 881 g/mol. The smallest absolute Gasteiger partial charge is 0.160 e. The monoisotopic (exact) mass is 880 g/mol. The Labute approximate surface area is 399 Å². The maximum absolute atomic E-state index is 5.43. The lowest BCUT2D eigenvalue weighted by atomic mass is 9.70. The van der Waals surface area contributed by atoms with Crippen LogP contribution in [0.5, 0.6) is 0 Å². The second-order valence-electron chi connectivity index (χ2n) is 18.0. The zero-order chi connectivity index (χ0) is 44.8. The number of aromatic nitrogens is 2. The molecule has 2 nitrogen and oxygen atoms in total. The van der Waals surface area contributed by atoms with Crippen LogP contribution >= 0.6 is 11.3 Å². The van der Waals surface area contributed by atoms with Gasteiger partial charge in [-0.15, -0.1) is 11.3 Å². The van der Waals surface area contributed by atoms with Gasteiger partial charge in [0.15, 0.2) is 5.82 Å². The molecular weight excluding hydrogens is 841 g/mol. The van der Waals surface area contributed by atoms with E-state index in [1.807, 2.05) is 11.3 Å². The van der Waals surface area contributed by atoms with Gasteiger partial charge in [0, 0.05) is 36.9 Å². The van der Waals surface area contributed by atoms with Gasteiger partial charge in [0.05, 0.1) is 16.8 Å². The first-order valence-electron chi connectivity index (χ1n) is 23.3. The average Bonchev–Trinajstić information content (AvgIpc) is 4.05. The first-order valence-corrected chi connectivity index (χ1v) is 24.1. The quantitative estimate of drug-likeness (QED) is 0.166. The van der Waals surface area contributed by atoms with Crippen molar-refractivity contribution >= 4 is 31.5 Å². The first-order chi connectivity index (χ1) is 33.7. The van der Waals surface area contributed by atoms with Crippen LogP contribution in [0.4, 0.5) is 0 Å². The molecule has 10 aromatic carbocycles. The highest BCUT2D eigenvalue weighted by Crippen LogP contribution is 2.63. The van der Waals surface area contributed by atoms with Gasteiger partial charge in [-0.1, -0.05) is 206 Å². The summed E-state index contributed by atoms with van der Waals surface area (Å²) >= 11 is 1.86. The normalized spacial score (nSPS) is 12.8. The lowest BCUT2D eigenvalue weighted by Gasteiger charge is -2.30. The van der Waals surface area contributed by atoms with Crippen LogP contribution in [0, 0.1) is 0 Å². The number of fused-ring (bicyclic) bond motifs is 13. The highest BCUT2D eigenvalue weighted by molar-refractivity contribution is 7.26. The highest BCUT2D eigenvalue weighted by Gasteiger charge is 2.51. The predicted molar refractivity (Wildman–Crippen MR) is 284 cm³/mol. The van der Waals surface area contributed by atoms with Gasteiger partial charge in [0.1, 0.15) is 0 Å². The number of nitrogens with zero attached hydrogens (tertiary/aromatic N) is 2. The van der Waals surface area contributed by atoms with Crippen molar-refractivity contribution < 1.29 is 0 Å². The third kappa shape index (κ3) is 5.89. The Balaban J connectivity index is 0.974. The number of benzene rings is 10. The Morgan fingerprint density at radius 1 is 0.279 bits per heavy atom. The molecule has 12 aromatic rings. The van der Waals surface area contributed by atoms with Gasteiger partial charge in [0.25, 0.3) is 0 Å². The van der Waals surface area contributed by atoms with Gasteiger partial charge in [-0.2, -0.15) is 0 Å². The molecule has 14 rings (SSSR count). The zero-order valence-electron chi connectivity index (χ0n) is 36.9. The minimum absolute atomic E-state index is 0.406. The van der Waals surface area contributed by atoms with E-state index in [0.717, 1.165) is 44.8 Å². The largest absolute Gasteiger partial charge is 0.228 e. The Morgan fingerprint density at radius 2 is 0.750 bits per heavy atom. The van der Waals surface area contributed by atoms with E-state index in [-0.39, 0.29) is 0 Å². The van der Waals surface area contributed by atoms with Crippen molar-refractivity contribution in [3.63, 3.8) is 0 Å². The van der Waals surface area contributed by atoms with Crippen molar-refractivity contribution in [1.82, 2.24) is 9.97 Å². The summed E-state index contributed by atoms with van der Waals surface area (Å²) in [7, 11) is 0. The van der Waals surface area contributed by atoms with Gasteiger partial charge >= 0.3 is 0 Å². The summed E-state index contributed by atoms with van der Waals surface area (Å²) in [6.07, 6.45) is 0. The van der Waals surface area contributed by atoms with Crippen LogP contribution in [0.1, 0.15) is 22.3 Å². The first kappa shape index (κ1) is 38.7. The molecule has 0 saturated carbocycles. The second-order valence-corrected chi connectivity index (χ2v) is 19.1. The van der Waals surface area contributed by atoms with Crippen LogP contribution in [0.25, 0.3) is 110 Å². The molecule has 2 aliphatic carbocycles. The molecule has 2 aromatic heterocycles. The molecule has 0 bridgehead atoms. The number of thiophene rings is 1. The number of hydrogen-bond acceptors (Lipinski definition) is 3. The molecule has 0 fully saturated rings. The van der Waals surface area contributed by atoms with Crippen molar-refractivity contribution in [3.8, 4) is 89.5 Å². The topological polar surface area (TPSA) is 25.8 Å².